The number of likely N-dealkylation sites (tertiary alicyclic amines) is 1. The van der Waals surface area contributed by atoms with Crippen LogP contribution in [0, 0.1) is 5.41 Å². The first kappa shape index (κ1) is 12.6. The van der Waals surface area contributed by atoms with E-state index >= 15 is 0 Å². The predicted molar refractivity (Wildman–Crippen MR) is 76.4 cm³/mol. The molecule has 0 aromatic carbocycles. The summed E-state index contributed by atoms with van der Waals surface area (Å²) in [5.74, 6) is 0. The molecule has 18 heavy (non-hydrogen) atoms. The van der Waals surface area contributed by atoms with E-state index in [0.717, 1.165) is 11.0 Å². The largest absolute Gasteiger partial charge is 0.317 e. The van der Waals surface area contributed by atoms with E-state index < -0.39 is 0 Å². The van der Waals surface area contributed by atoms with Gasteiger partial charge in [0.25, 0.3) is 0 Å². The smallest absolute Gasteiger partial charge is 0.0410 e. The molecule has 98 valence electrons. The van der Waals surface area contributed by atoms with Crippen LogP contribution < -0.4 is 5.32 Å². The fourth-order valence-corrected chi connectivity index (χ4v) is 3.74. The number of nitrogens with one attached hydrogen (secondary N) is 1. The molecular weight excluding hydrogens is 290 g/mol. The normalized spacial score (nSPS) is 23.6. The van der Waals surface area contributed by atoms with Gasteiger partial charge in [0, 0.05) is 30.0 Å². The van der Waals surface area contributed by atoms with Crippen LogP contribution in [0.25, 0.3) is 0 Å². The lowest BCUT2D eigenvalue weighted by Crippen LogP contribution is -2.38. The topological polar surface area (TPSA) is 28.2 Å². The second-order valence-electron chi connectivity index (χ2n) is 5.72. The van der Waals surface area contributed by atoms with E-state index in [4.69, 9.17) is 0 Å². The first-order valence-electron chi connectivity index (χ1n) is 6.78. The maximum atomic E-state index is 4.25. The molecule has 1 spiro atoms. The van der Waals surface area contributed by atoms with E-state index in [2.05, 4.69) is 37.2 Å². The Labute approximate surface area is 117 Å². The molecule has 3 nitrogen and oxygen atoms in total. The van der Waals surface area contributed by atoms with Gasteiger partial charge in [0.2, 0.25) is 0 Å². The summed E-state index contributed by atoms with van der Waals surface area (Å²) in [6.07, 6.45) is 7.90. The Balaban J connectivity index is 1.62. The summed E-state index contributed by atoms with van der Waals surface area (Å²) in [5.41, 5.74) is 1.92. The molecule has 0 atom stereocenters. The first-order chi connectivity index (χ1) is 8.76. The van der Waals surface area contributed by atoms with E-state index in [1.807, 2.05) is 12.4 Å². The molecule has 1 aromatic rings. The van der Waals surface area contributed by atoms with Crippen molar-refractivity contribution in [2.45, 2.75) is 25.8 Å². The van der Waals surface area contributed by atoms with Crippen LogP contribution in [0.4, 0.5) is 0 Å². The quantitative estimate of drug-likeness (QED) is 0.909. The molecule has 1 N–H and O–H groups in total. The Hall–Kier alpha value is -0.450. The number of nitrogens with zero attached hydrogens (tertiary/aromatic N) is 2. The van der Waals surface area contributed by atoms with Crippen LogP contribution in [-0.4, -0.2) is 36.1 Å². The highest BCUT2D eigenvalue weighted by Crippen LogP contribution is 2.38. The van der Waals surface area contributed by atoms with Crippen LogP contribution in [0.2, 0.25) is 0 Å². The summed E-state index contributed by atoms with van der Waals surface area (Å²) in [7, 11) is 0. The molecule has 0 unspecified atom stereocenters. The lowest BCUT2D eigenvalue weighted by atomic mass is 9.78. The third-order valence-electron chi connectivity index (χ3n) is 4.35. The summed E-state index contributed by atoms with van der Waals surface area (Å²) in [5, 5.41) is 3.47. The summed E-state index contributed by atoms with van der Waals surface area (Å²) in [4.78, 5) is 6.84. The van der Waals surface area contributed by atoms with Gasteiger partial charge in [-0.25, -0.2) is 0 Å². The summed E-state index contributed by atoms with van der Waals surface area (Å²) in [6.45, 7) is 5.95. The van der Waals surface area contributed by atoms with Crippen LogP contribution in [0.15, 0.2) is 22.9 Å². The van der Waals surface area contributed by atoms with Gasteiger partial charge in [-0.3, -0.25) is 9.88 Å². The Kier molecular flexibility index (Phi) is 3.68. The number of hydrogen-bond donors (Lipinski definition) is 1. The minimum absolute atomic E-state index is 0.602. The van der Waals surface area contributed by atoms with Crippen molar-refractivity contribution in [2.75, 3.05) is 26.2 Å². The molecular formula is C14H20BrN3. The van der Waals surface area contributed by atoms with Crippen molar-refractivity contribution in [3.63, 3.8) is 0 Å². The molecule has 2 aliphatic heterocycles. The van der Waals surface area contributed by atoms with Crippen molar-refractivity contribution in [3.8, 4) is 0 Å². The molecule has 2 saturated heterocycles. The molecule has 0 saturated carbocycles. The van der Waals surface area contributed by atoms with E-state index in [1.165, 1.54) is 51.0 Å². The van der Waals surface area contributed by atoms with Crippen LogP contribution in [0.1, 0.15) is 24.8 Å². The minimum Gasteiger partial charge on any atom is -0.317 e. The summed E-state index contributed by atoms with van der Waals surface area (Å²) < 4.78 is 1.08. The lowest BCUT2D eigenvalue weighted by molar-refractivity contribution is 0.194. The van der Waals surface area contributed by atoms with E-state index in [-0.39, 0.29) is 0 Å². The van der Waals surface area contributed by atoms with Crippen molar-refractivity contribution in [1.82, 2.24) is 15.2 Å². The number of hydrogen-bond acceptors (Lipinski definition) is 3. The van der Waals surface area contributed by atoms with Crippen molar-refractivity contribution >= 4 is 15.9 Å². The number of piperidine rings is 1. The highest BCUT2D eigenvalue weighted by molar-refractivity contribution is 9.10. The maximum absolute atomic E-state index is 4.25. The van der Waals surface area contributed by atoms with Crippen molar-refractivity contribution < 1.29 is 0 Å². The fourth-order valence-electron chi connectivity index (χ4n) is 3.33. The molecule has 0 aliphatic carbocycles. The highest BCUT2D eigenvalue weighted by Gasteiger charge is 2.38. The average Bonchev–Trinajstić information content (AvgIpc) is 2.73. The van der Waals surface area contributed by atoms with Gasteiger partial charge in [-0.1, -0.05) is 0 Å². The van der Waals surface area contributed by atoms with E-state index in [1.54, 1.807) is 0 Å². The molecule has 0 radical (unpaired) electrons. The Bertz CT molecular complexity index is 415. The Morgan fingerprint density at radius 3 is 2.89 bits per heavy atom. The van der Waals surface area contributed by atoms with Gasteiger partial charge in [0.1, 0.15) is 0 Å². The zero-order chi connectivity index (χ0) is 12.4. The average molecular weight is 310 g/mol. The number of pyridine rings is 1. The molecule has 4 heteroatoms. The molecule has 3 heterocycles. The van der Waals surface area contributed by atoms with Crippen molar-refractivity contribution in [1.29, 1.82) is 0 Å². The van der Waals surface area contributed by atoms with Gasteiger partial charge >= 0.3 is 0 Å². The second-order valence-corrected chi connectivity index (χ2v) is 6.64. The Morgan fingerprint density at radius 2 is 2.11 bits per heavy atom. The molecule has 2 aliphatic rings. The standard InChI is InChI=1S/C14H20BrN3/c15-13-7-12(8-17-9-13)10-18-6-3-14(11-18)1-4-16-5-2-14/h7-9,16H,1-6,10-11H2. The van der Waals surface area contributed by atoms with Gasteiger partial charge in [-0.2, -0.15) is 0 Å². The molecule has 2 fully saturated rings. The molecule has 0 amide bonds. The maximum Gasteiger partial charge on any atom is 0.0410 e. The zero-order valence-corrected chi connectivity index (χ0v) is 12.2. The van der Waals surface area contributed by atoms with Gasteiger partial charge in [0.05, 0.1) is 0 Å². The van der Waals surface area contributed by atoms with Gasteiger partial charge in [-0.15, -0.1) is 0 Å². The fraction of sp³-hybridized carbons (Fsp3) is 0.643. The van der Waals surface area contributed by atoms with E-state index in [9.17, 15) is 0 Å². The van der Waals surface area contributed by atoms with Gasteiger partial charge in [-0.05, 0) is 71.9 Å². The number of rotatable bonds is 2. The molecule has 0 bridgehead atoms. The van der Waals surface area contributed by atoms with Gasteiger partial charge < -0.3 is 5.32 Å². The zero-order valence-electron chi connectivity index (χ0n) is 10.7. The Morgan fingerprint density at radius 1 is 1.28 bits per heavy atom. The number of halogens is 1. The highest BCUT2D eigenvalue weighted by atomic mass is 79.9. The third kappa shape index (κ3) is 2.76. The van der Waals surface area contributed by atoms with Crippen LogP contribution in [0.3, 0.4) is 0 Å². The van der Waals surface area contributed by atoms with Crippen LogP contribution in [0.5, 0.6) is 0 Å². The monoisotopic (exact) mass is 309 g/mol. The SMILES string of the molecule is Brc1cncc(CN2CCC3(CCNCC3)C2)c1. The second kappa shape index (κ2) is 5.27. The summed E-state index contributed by atoms with van der Waals surface area (Å²) >= 11 is 3.49. The van der Waals surface area contributed by atoms with Crippen molar-refractivity contribution in [3.05, 3.63) is 28.5 Å². The molecule has 1 aromatic heterocycles. The lowest BCUT2D eigenvalue weighted by Gasteiger charge is -2.33. The number of aromatic nitrogens is 1. The first-order valence-corrected chi connectivity index (χ1v) is 7.58. The predicted octanol–water partition coefficient (Wildman–Crippen LogP) is 2.42. The van der Waals surface area contributed by atoms with Gasteiger partial charge in [0.15, 0.2) is 0 Å². The van der Waals surface area contributed by atoms with E-state index in [0.29, 0.717) is 5.41 Å². The third-order valence-corrected chi connectivity index (χ3v) is 4.78. The van der Waals surface area contributed by atoms with Crippen molar-refractivity contribution in [2.24, 2.45) is 5.41 Å². The van der Waals surface area contributed by atoms with Crippen LogP contribution >= 0.6 is 15.9 Å². The van der Waals surface area contributed by atoms with Crippen LogP contribution in [-0.2, 0) is 6.54 Å². The minimum atomic E-state index is 0.602. The molecule has 3 rings (SSSR count). The summed E-state index contributed by atoms with van der Waals surface area (Å²) in [6, 6.07) is 2.18.